The predicted octanol–water partition coefficient (Wildman–Crippen LogP) is 4.44. The van der Waals surface area contributed by atoms with Gasteiger partial charge in [-0.15, -0.1) is 0 Å². The van der Waals surface area contributed by atoms with Crippen molar-refractivity contribution in [1.29, 1.82) is 0 Å². The third-order valence-electron chi connectivity index (χ3n) is 7.06. The Kier molecular flexibility index (Phi) is 9.30. The van der Waals surface area contributed by atoms with Crippen molar-refractivity contribution >= 4 is 29.1 Å². The van der Waals surface area contributed by atoms with Gasteiger partial charge in [-0.3, -0.25) is 14.4 Å². The number of aliphatic imine (C=N–C) groups is 1. The van der Waals surface area contributed by atoms with E-state index in [9.17, 15) is 27.6 Å². The van der Waals surface area contributed by atoms with Crippen LogP contribution in [0.5, 0.6) is 0 Å². The number of primary amides is 1. The standard InChI is InChI=1S/C28H33F3N4O3/c1-4-17(5-2)22(24(32)36)20(15-16-28(29,30)31)26(37)34-25-27(38)35(3)21-14-10-9-13-19(21)23(33-25)18-11-7-6-8-12-18/h6-14,17,20,22,25H,4-5,15-16H2,1-3H3,(H2,32,36)(H,34,37)/t20-,22+,25-/m1/s1. The summed E-state index contributed by atoms with van der Waals surface area (Å²) in [5, 5.41) is 2.56. The summed E-state index contributed by atoms with van der Waals surface area (Å²) >= 11 is 0. The van der Waals surface area contributed by atoms with E-state index in [2.05, 4.69) is 10.3 Å². The Morgan fingerprint density at radius 2 is 1.66 bits per heavy atom. The molecule has 0 saturated heterocycles. The van der Waals surface area contributed by atoms with Crippen molar-refractivity contribution in [3.63, 3.8) is 0 Å². The molecule has 204 valence electrons. The van der Waals surface area contributed by atoms with Crippen LogP contribution in [0.1, 0.15) is 50.7 Å². The Balaban J connectivity index is 2.05. The minimum Gasteiger partial charge on any atom is -0.369 e. The lowest BCUT2D eigenvalue weighted by Crippen LogP contribution is -2.51. The van der Waals surface area contributed by atoms with Crippen molar-refractivity contribution < 1.29 is 27.6 Å². The number of nitrogens with zero attached hydrogens (tertiary/aromatic N) is 2. The second-order valence-electron chi connectivity index (χ2n) is 9.43. The molecular weight excluding hydrogens is 497 g/mol. The van der Waals surface area contributed by atoms with Gasteiger partial charge in [-0.2, -0.15) is 13.2 Å². The average molecular weight is 531 g/mol. The van der Waals surface area contributed by atoms with Crippen molar-refractivity contribution in [3.8, 4) is 0 Å². The van der Waals surface area contributed by atoms with Crippen molar-refractivity contribution in [3.05, 3.63) is 65.7 Å². The predicted molar refractivity (Wildman–Crippen MR) is 139 cm³/mol. The third kappa shape index (κ3) is 6.59. The van der Waals surface area contributed by atoms with Crippen LogP contribution in [-0.2, 0) is 14.4 Å². The number of alkyl halides is 3. The van der Waals surface area contributed by atoms with E-state index in [1.165, 1.54) is 4.90 Å². The first-order valence-corrected chi connectivity index (χ1v) is 12.6. The second kappa shape index (κ2) is 12.2. The highest BCUT2D eigenvalue weighted by molar-refractivity contribution is 6.20. The fourth-order valence-corrected chi connectivity index (χ4v) is 5.03. The summed E-state index contributed by atoms with van der Waals surface area (Å²) in [7, 11) is 1.54. The number of rotatable bonds is 10. The van der Waals surface area contributed by atoms with Crippen LogP contribution in [-0.4, -0.2) is 42.8 Å². The lowest BCUT2D eigenvalue weighted by molar-refractivity contribution is -0.148. The highest BCUT2D eigenvalue weighted by atomic mass is 19.4. The summed E-state index contributed by atoms with van der Waals surface area (Å²) in [6.45, 7) is 3.58. The molecule has 0 aliphatic carbocycles. The molecule has 38 heavy (non-hydrogen) atoms. The number of fused-ring (bicyclic) bond motifs is 1. The Hall–Kier alpha value is -3.69. The van der Waals surface area contributed by atoms with Gasteiger partial charge in [0.05, 0.1) is 23.2 Å². The number of likely N-dealkylation sites (N-methyl/N-ethyl adjacent to an activating group) is 1. The molecule has 0 fully saturated rings. The maximum absolute atomic E-state index is 13.6. The monoisotopic (exact) mass is 530 g/mol. The van der Waals surface area contributed by atoms with Crippen molar-refractivity contribution in [2.24, 2.45) is 28.5 Å². The lowest BCUT2D eigenvalue weighted by Gasteiger charge is -2.31. The van der Waals surface area contributed by atoms with E-state index in [0.717, 1.165) is 0 Å². The number of anilines is 1. The molecule has 2 aromatic carbocycles. The molecule has 1 heterocycles. The number of hydrogen-bond donors (Lipinski definition) is 2. The molecule has 0 bridgehead atoms. The zero-order valence-electron chi connectivity index (χ0n) is 21.7. The van der Waals surface area contributed by atoms with Crippen LogP contribution in [0, 0.1) is 17.8 Å². The van der Waals surface area contributed by atoms with Crippen molar-refractivity contribution in [2.45, 2.75) is 51.9 Å². The molecule has 3 amide bonds. The summed E-state index contributed by atoms with van der Waals surface area (Å²) in [6, 6.07) is 16.2. The third-order valence-corrected chi connectivity index (χ3v) is 7.06. The van der Waals surface area contributed by atoms with E-state index in [4.69, 9.17) is 5.73 Å². The molecule has 3 rings (SSSR count). The molecule has 3 atom stereocenters. The number of carbonyl (C=O) groups excluding carboxylic acids is 3. The van der Waals surface area contributed by atoms with Crippen LogP contribution in [0.4, 0.5) is 18.9 Å². The van der Waals surface area contributed by atoms with E-state index in [1.54, 1.807) is 45.2 Å². The molecule has 0 saturated carbocycles. The van der Waals surface area contributed by atoms with Crippen molar-refractivity contribution in [2.75, 3.05) is 11.9 Å². The van der Waals surface area contributed by atoms with Gasteiger partial charge in [0.1, 0.15) is 0 Å². The van der Waals surface area contributed by atoms with E-state index >= 15 is 0 Å². The van der Waals surface area contributed by atoms with Crippen molar-refractivity contribution in [1.82, 2.24) is 5.32 Å². The maximum Gasteiger partial charge on any atom is 0.389 e. The van der Waals surface area contributed by atoms with E-state index in [-0.39, 0.29) is 0 Å². The van der Waals surface area contributed by atoms with Gasteiger partial charge >= 0.3 is 6.18 Å². The van der Waals surface area contributed by atoms with Gasteiger partial charge in [-0.05, 0) is 18.4 Å². The molecule has 10 heteroatoms. The van der Waals surface area contributed by atoms with Gasteiger partial charge in [0.15, 0.2) is 0 Å². The Labute approximate surface area is 220 Å². The molecule has 1 aliphatic heterocycles. The molecule has 0 unspecified atom stereocenters. The number of amides is 3. The zero-order chi connectivity index (χ0) is 28.0. The van der Waals surface area contributed by atoms with Gasteiger partial charge in [0.2, 0.25) is 18.0 Å². The first-order valence-electron chi connectivity index (χ1n) is 12.6. The molecule has 0 aromatic heterocycles. The van der Waals surface area contributed by atoms with Crippen LogP contribution in [0.2, 0.25) is 0 Å². The number of para-hydroxylation sites is 1. The largest absolute Gasteiger partial charge is 0.389 e. The number of hydrogen-bond acceptors (Lipinski definition) is 4. The summed E-state index contributed by atoms with van der Waals surface area (Å²) in [5.74, 6) is -5.16. The molecule has 0 spiro atoms. The second-order valence-corrected chi connectivity index (χ2v) is 9.43. The van der Waals surface area contributed by atoms with Crippen LogP contribution in [0.3, 0.4) is 0 Å². The molecule has 7 nitrogen and oxygen atoms in total. The van der Waals surface area contributed by atoms with E-state index < -0.39 is 60.7 Å². The number of halogens is 3. The molecule has 3 N–H and O–H groups in total. The molecule has 0 radical (unpaired) electrons. The summed E-state index contributed by atoms with van der Waals surface area (Å²) in [5.41, 5.74) is 8.00. The molecular formula is C28H33F3N4O3. The molecule has 2 aromatic rings. The minimum atomic E-state index is -4.53. The highest BCUT2D eigenvalue weighted by Gasteiger charge is 2.41. The lowest BCUT2D eigenvalue weighted by atomic mass is 9.75. The number of carbonyl (C=O) groups is 3. The SMILES string of the molecule is CCC(CC)[C@H](C(N)=O)[C@@H](CCC(F)(F)F)C(=O)N[C@H]1N=C(c2ccccc2)c2ccccc2N(C)C1=O. The maximum atomic E-state index is 13.6. The average Bonchev–Trinajstić information content (AvgIpc) is 2.98. The number of nitrogens with two attached hydrogens (primary N) is 1. The van der Waals surface area contributed by atoms with Gasteiger partial charge in [0.25, 0.3) is 5.91 Å². The normalized spacial score (nSPS) is 17.3. The van der Waals surface area contributed by atoms with Gasteiger partial charge in [-0.25, -0.2) is 4.99 Å². The summed E-state index contributed by atoms with van der Waals surface area (Å²) in [6.07, 6.45) is -6.94. The zero-order valence-corrected chi connectivity index (χ0v) is 21.7. The summed E-state index contributed by atoms with van der Waals surface area (Å²) < 4.78 is 39.6. The summed E-state index contributed by atoms with van der Waals surface area (Å²) in [4.78, 5) is 45.4. The fourth-order valence-electron chi connectivity index (χ4n) is 5.03. The first-order chi connectivity index (χ1) is 18.0. The first kappa shape index (κ1) is 28.9. The Morgan fingerprint density at radius 3 is 2.24 bits per heavy atom. The fraction of sp³-hybridized carbons (Fsp3) is 0.429. The van der Waals surface area contributed by atoms with E-state index in [1.807, 2.05) is 30.3 Å². The quantitative estimate of drug-likeness (QED) is 0.475. The number of benzene rings is 2. The molecule has 1 aliphatic rings. The van der Waals surface area contributed by atoms with Crippen LogP contribution < -0.4 is 16.0 Å². The van der Waals surface area contributed by atoms with Crippen LogP contribution in [0.15, 0.2) is 59.6 Å². The van der Waals surface area contributed by atoms with Gasteiger partial charge in [0, 0.05) is 24.6 Å². The van der Waals surface area contributed by atoms with E-state index in [0.29, 0.717) is 35.4 Å². The number of benzodiazepines with no additional fused rings is 1. The Bertz CT molecular complexity index is 1180. The van der Waals surface area contributed by atoms with Crippen LogP contribution >= 0.6 is 0 Å². The van der Waals surface area contributed by atoms with Gasteiger partial charge < -0.3 is 16.0 Å². The van der Waals surface area contributed by atoms with Gasteiger partial charge in [-0.1, -0.05) is 75.2 Å². The smallest absolute Gasteiger partial charge is 0.369 e. The highest BCUT2D eigenvalue weighted by Crippen LogP contribution is 2.34. The van der Waals surface area contributed by atoms with Crippen LogP contribution in [0.25, 0.3) is 0 Å². The topological polar surface area (TPSA) is 105 Å². The Morgan fingerprint density at radius 1 is 1.05 bits per heavy atom. The number of nitrogens with one attached hydrogen (secondary N) is 1. The minimum absolute atomic E-state index is 0.392.